The second-order valence-corrected chi connectivity index (χ2v) is 9.18. The van der Waals surface area contributed by atoms with E-state index >= 15 is 0 Å². The second kappa shape index (κ2) is 11.3. The highest BCUT2D eigenvalue weighted by atomic mass is 35.5. The summed E-state index contributed by atoms with van der Waals surface area (Å²) in [6.07, 6.45) is 0.714. The van der Waals surface area contributed by atoms with Crippen molar-refractivity contribution in [3.63, 3.8) is 0 Å². The van der Waals surface area contributed by atoms with E-state index in [2.05, 4.69) is 10.6 Å². The first-order valence-corrected chi connectivity index (χ1v) is 12.4. The fourth-order valence-electron chi connectivity index (χ4n) is 3.85. The summed E-state index contributed by atoms with van der Waals surface area (Å²) >= 11 is 6.25. The number of anilines is 3. The Morgan fingerprint density at radius 2 is 1.63 bits per heavy atom. The van der Waals surface area contributed by atoms with Crippen LogP contribution < -0.4 is 15.5 Å². The molecule has 0 saturated carbocycles. The molecule has 0 unspecified atom stereocenters. The maximum Gasteiger partial charge on any atom is 0.338 e. The van der Waals surface area contributed by atoms with Crippen molar-refractivity contribution in [1.29, 1.82) is 0 Å². The number of halogens is 1. The molecule has 0 spiro atoms. The van der Waals surface area contributed by atoms with E-state index < -0.39 is 17.8 Å². The Labute approximate surface area is 225 Å². The summed E-state index contributed by atoms with van der Waals surface area (Å²) in [6, 6.07) is 18.3. The number of amides is 3. The molecule has 2 N–H and O–H groups in total. The van der Waals surface area contributed by atoms with Crippen molar-refractivity contribution in [3.8, 4) is 0 Å². The number of hydrogen-bond donors (Lipinski definition) is 2. The molecule has 0 fully saturated rings. The molecule has 0 bridgehead atoms. The highest BCUT2D eigenvalue weighted by Crippen LogP contribution is 2.32. The predicted molar refractivity (Wildman–Crippen MR) is 146 cm³/mol. The molecule has 4 rings (SSSR count). The van der Waals surface area contributed by atoms with Gasteiger partial charge in [0.25, 0.3) is 17.7 Å². The smallest absolute Gasteiger partial charge is 0.338 e. The third kappa shape index (κ3) is 5.60. The molecule has 9 heteroatoms. The van der Waals surface area contributed by atoms with Gasteiger partial charge in [0.15, 0.2) is 0 Å². The Hall–Kier alpha value is -4.43. The van der Waals surface area contributed by atoms with E-state index in [1.807, 2.05) is 32.9 Å². The second-order valence-electron chi connectivity index (χ2n) is 8.80. The normalized spacial score (nSPS) is 13.1. The minimum Gasteiger partial charge on any atom is -0.462 e. The Kier molecular flexibility index (Phi) is 7.93. The molecule has 1 aliphatic rings. The lowest BCUT2D eigenvalue weighted by Crippen LogP contribution is -2.32. The summed E-state index contributed by atoms with van der Waals surface area (Å²) in [6.45, 7) is 5.91. The summed E-state index contributed by atoms with van der Waals surface area (Å²) in [4.78, 5) is 51.8. The predicted octanol–water partition coefficient (Wildman–Crippen LogP) is 5.56. The summed E-state index contributed by atoms with van der Waals surface area (Å²) in [5, 5.41) is 5.45. The van der Waals surface area contributed by atoms with Gasteiger partial charge >= 0.3 is 5.97 Å². The Morgan fingerprint density at radius 1 is 0.895 bits per heavy atom. The molecule has 3 aromatic rings. The number of imide groups is 1. The Bertz CT molecular complexity index is 1460. The maximum atomic E-state index is 13.1. The highest BCUT2D eigenvalue weighted by Gasteiger charge is 2.39. The Morgan fingerprint density at radius 3 is 2.34 bits per heavy atom. The molecule has 0 atom stereocenters. The summed E-state index contributed by atoms with van der Waals surface area (Å²) in [5.41, 5.74) is 3.71. The largest absolute Gasteiger partial charge is 0.462 e. The van der Waals surface area contributed by atoms with Crippen LogP contribution in [0.2, 0.25) is 0 Å². The first-order valence-electron chi connectivity index (χ1n) is 12.0. The number of nitrogens with zero attached hydrogens (tertiary/aromatic N) is 1. The van der Waals surface area contributed by atoms with Crippen molar-refractivity contribution in [3.05, 3.63) is 99.7 Å². The zero-order chi connectivity index (χ0) is 27.4. The van der Waals surface area contributed by atoms with Gasteiger partial charge in [-0.05, 0) is 79.9 Å². The van der Waals surface area contributed by atoms with Crippen molar-refractivity contribution in [2.75, 3.05) is 22.1 Å². The van der Waals surface area contributed by atoms with Crippen molar-refractivity contribution >= 4 is 52.4 Å². The summed E-state index contributed by atoms with van der Waals surface area (Å²) in [5.74, 6) is -2.01. The molecule has 8 nitrogen and oxygen atoms in total. The van der Waals surface area contributed by atoms with E-state index in [-0.39, 0.29) is 16.6 Å². The first kappa shape index (κ1) is 26.6. The van der Waals surface area contributed by atoms with Gasteiger partial charge in [-0.25, -0.2) is 9.69 Å². The number of carbonyl (C=O) groups excluding carboxylic acids is 4. The van der Waals surface area contributed by atoms with Gasteiger partial charge in [0.1, 0.15) is 10.7 Å². The molecule has 0 radical (unpaired) electrons. The van der Waals surface area contributed by atoms with Crippen LogP contribution in [0.1, 0.15) is 45.2 Å². The van der Waals surface area contributed by atoms with Gasteiger partial charge in [-0.15, -0.1) is 0 Å². The van der Waals surface area contributed by atoms with E-state index in [0.29, 0.717) is 41.2 Å². The molecular formula is C29H26ClN3O5. The zero-order valence-electron chi connectivity index (χ0n) is 21.1. The van der Waals surface area contributed by atoms with E-state index in [4.69, 9.17) is 16.3 Å². The van der Waals surface area contributed by atoms with Crippen molar-refractivity contribution in [2.24, 2.45) is 0 Å². The monoisotopic (exact) mass is 531 g/mol. The van der Waals surface area contributed by atoms with Crippen molar-refractivity contribution < 1.29 is 23.9 Å². The maximum absolute atomic E-state index is 13.1. The zero-order valence-corrected chi connectivity index (χ0v) is 21.9. The molecule has 38 heavy (non-hydrogen) atoms. The first-order chi connectivity index (χ1) is 18.2. The van der Waals surface area contributed by atoms with Crippen LogP contribution in [-0.4, -0.2) is 30.3 Å². The van der Waals surface area contributed by atoms with Crippen LogP contribution in [0, 0.1) is 13.8 Å². The third-order valence-electron chi connectivity index (χ3n) is 5.84. The highest BCUT2D eigenvalue weighted by molar-refractivity contribution is 6.53. The minimum absolute atomic E-state index is 0.0402. The van der Waals surface area contributed by atoms with Gasteiger partial charge in [0, 0.05) is 16.9 Å². The number of benzene rings is 3. The van der Waals surface area contributed by atoms with Crippen LogP contribution in [0.3, 0.4) is 0 Å². The molecular weight excluding hydrogens is 506 g/mol. The quantitative estimate of drug-likeness (QED) is 0.291. The molecule has 1 aliphatic heterocycles. The van der Waals surface area contributed by atoms with Gasteiger partial charge in [-0.2, -0.15) is 0 Å². The van der Waals surface area contributed by atoms with Gasteiger partial charge < -0.3 is 15.4 Å². The summed E-state index contributed by atoms with van der Waals surface area (Å²) < 4.78 is 5.13. The number of nitrogens with one attached hydrogen (secondary N) is 2. The van der Waals surface area contributed by atoms with Crippen LogP contribution >= 0.6 is 11.6 Å². The van der Waals surface area contributed by atoms with E-state index in [0.717, 1.165) is 16.0 Å². The third-order valence-corrected chi connectivity index (χ3v) is 6.19. The molecule has 3 amide bonds. The van der Waals surface area contributed by atoms with Crippen LogP contribution in [0.15, 0.2) is 77.5 Å². The molecule has 1 heterocycles. The van der Waals surface area contributed by atoms with Gasteiger partial charge in [-0.1, -0.05) is 36.7 Å². The number of aryl methyl sites for hydroxylation is 2. The molecule has 194 valence electrons. The van der Waals surface area contributed by atoms with Crippen molar-refractivity contribution in [1.82, 2.24) is 0 Å². The number of rotatable bonds is 8. The van der Waals surface area contributed by atoms with E-state index in [1.165, 1.54) is 0 Å². The average Bonchev–Trinajstić information content (AvgIpc) is 3.12. The standard InChI is InChI=1S/C29H26ClN3O5/c1-4-14-38-29(37)20-6-5-7-22(16-20)32-26(34)19-10-12-21(13-11-19)31-25-24(30)27(35)33(28(25)36)23-15-17(2)8-9-18(23)3/h5-13,15-16,31H,4,14H2,1-3H3,(H,32,34). The SMILES string of the molecule is CCCOC(=O)c1cccc(NC(=O)c2ccc(NC3=C(Cl)C(=O)N(c4cc(C)ccc4C)C3=O)cc2)c1. The lowest BCUT2D eigenvalue weighted by Gasteiger charge is -2.18. The van der Waals surface area contributed by atoms with Gasteiger partial charge in [0.05, 0.1) is 17.9 Å². The fourth-order valence-corrected chi connectivity index (χ4v) is 4.06. The van der Waals surface area contributed by atoms with Crippen LogP contribution in [0.4, 0.5) is 17.1 Å². The fraction of sp³-hybridized carbons (Fsp3) is 0.172. The summed E-state index contributed by atoms with van der Waals surface area (Å²) in [7, 11) is 0. The number of ether oxygens (including phenoxy) is 1. The van der Waals surface area contributed by atoms with Crippen LogP contribution in [-0.2, 0) is 14.3 Å². The van der Waals surface area contributed by atoms with Crippen LogP contribution in [0.25, 0.3) is 0 Å². The number of hydrogen-bond acceptors (Lipinski definition) is 6. The van der Waals surface area contributed by atoms with E-state index in [9.17, 15) is 19.2 Å². The number of esters is 1. The molecule has 0 aromatic heterocycles. The van der Waals surface area contributed by atoms with E-state index in [1.54, 1.807) is 54.6 Å². The minimum atomic E-state index is -0.607. The van der Waals surface area contributed by atoms with Crippen molar-refractivity contribution in [2.45, 2.75) is 27.2 Å². The van der Waals surface area contributed by atoms with Gasteiger partial charge in [0.2, 0.25) is 0 Å². The lowest BCUT2D eigenvalue weighted by atomic mass is 10.1. The topological polar surface area (TPSA) is 105 Å². The molecule has 0 aliphatic carbocycles. The van der Waals surface area contributed by atoms with Crippen LogP contribution in [0.5, 0.6) is 0 Å². The average molecular weight is 532 g/mol. The molecule has 3 aromatic carbocycles. The van der Waals surface area contributed by atoms with Gasteiger partial charge in [-0.3, -0.25) is 14.4 Å². The molecule has 0 saturated heterocycles. The Balaban J connectivity index is 1.45. The lowest BCUT2D eigenvalue weighted by molar-refractivity contribution is -0.120. The number of carbonyl (C=O) groups is 4.